The standard InChI is InChI=1S/C17H20N4/c1-12(14-7-5-4-6-8-14)10-18-15-9-16-13(2)20-21(3)17(16)19-11-15/h4-9,11-12,18H,10H2,1-3H3. The van der Waals surface area contributed by atoms with Crippen molar-refractivity contribution in [1.29, 1.82) is 0 Å². The van der Waals surface area contributed by atoms with Crippen LogP contribution >= 0.6 is 0 Å². The van der Waals surface area contributed by atoms with Crippen molar-refractivity contribution in [3.63, 3.8) is 0 Å². The minimum absolute atomic E-state index is 0.455. The lowest BCUT2D eigenvalue weighted by Crippen LogP contribution is -2.09. The van der Waals surface area contributed by atoms with Crippen LogP contribution in [0.3, 0.4) is 0 Å². The monoisotopic (exact) mass is 280 g/mol. The summed E-state index contributed by atoms with van der Waals surface area (Å²) in [6, 6.07) is 12.7. The van der Waals surface area contributed by atoms with E-state index in [1.54, 1.807) is 0 Å². The molecule has 3 aromatic rings. The van der Waals surface area contributed by atoms with Crippen molar-refractivity contribution in [1.82, 2.24) is 14.8 Å². The smallest absolute Gasteiger partial charge is 0.157 e. The van der Waals surface area contributed by atoms with Crippen LogP contribution in [0.2, 0.25) is 0 Å². The molecule has 0 spiro atoms. The quantitative estimate of drug-likeness (QED) is 0.795. The van der Waals surface area contributed by atoms with Crippen molar-refractivity contribution in [3.05, 3.63) is 53.9 Å². The van der Waals surface area contributed by atoms with E-state index in [0.717, 1.165) is 29.0 Å². The first-order valence-electron chi connectivity index (χ1n) is 7.23. The molecular weight excluding hydrogens is 260 g/mol. The van der Waals surface area contributed by atoms with E-state index in [2.05, 4.69) is 52.7 Å². The molecule has 0 aliphatic heterocycles. The van der Waals surface area contributed by atoms with Crippen molar-refractivity contribution < 1.29 is 0 Å². The summed E-state index contributed by atoms with van der Waals surface area (Å²) < 4.78 is 1.82. The lowest BCUT2D eigenvalue weighted by molar-refractivity contribution is 0.773. The maximum atomic E-state index is 4.49. The van der Waals surface area contributed by atoms with Gasteiger partial charge in [-0.05, 0) is 24.5 Å². The highest BCUT2D eigenvalue weighted by Crippen LogP contribution is 2.21. The highest BCUT2D eigenvalue weighted by atomic mass is 15.3. The molecule has 1 unspecified atom stereocenters. The number of aromatic nitrogens is 3. The van der Waals surface area contributed by atoms with Gasteiger partial charge in [0, 0.05) is 19.0 Å². The number of nitrogens with zero attached hydrogens (tertiary/aromatic N) is 3. The van der Waals surface area contributed by atoms with Crippen LogP contribution in [0.4, 0.5) is 5.69 Å². The fraction of sp³-hybridized carbons (Fsp3) is 0.294. The summed E-state index contributed by atoms with van der Waals surface area (Å²) in [4.78, 5) is 4.49. The maximum absolute atomic E-state index is 4.49. The van der Waals surface area contributed by atoms with E-state index in [1.807, 2.05) is 30.9 Å². The third-order valence-electron chi connectivity index (χ3n) is 3.84. The number of rotatable bonds is 4. The van der Waals surface area contributed by atoms with Crippen LogP contribution < -0.4 is 5.32 Å². The molecule has 2 aromatic heterocycles. The van der Waals surface area contributed by atoms with Gasteiger partial charge in [-0.1, -0.05) is 37.3 Å². The van der Waals surface area contributed by atoms with Gasteiger partial charge < -0.3 is 5.32 Å². The molecule has 108 valence electrons. The molecule has 0 aliphatic carbocycles. The van der Waals surface area contributed by atoms with Crippen molar-refractivity contribution in [2.24, 2.45) is 7.05 Å². The fourth-order valence-electron chi connectivity index (χ4n) is 2.57. The van der Waals surface area contributed by atoms with Crippen molar-refractivity contribution in [2.45, 2.75) is 19.8 Å². The average molecular weight is 280 g/mol. The van der Waals surface area contributed by atoms with Gasteiger partial charge in [0.05, 0.1) is 17.6 Å². The zero-order valence-electron chi connectivity index (χ0n) is 12.7. The van der Waals surface area contributed by atoms with Crippen molar-refractivity contribution in [3.8, 4) is 0 Å². The molecule has 2 heterocycles. The summed E-state index contributed by atoms with van der Waals surface area (Å²) >= 11 is 0. The van der Waals surface area contributed by atoms with Crippen LogP contribution in [0, 0.1) is 6.92 Å². The molecular formula is C17H20N4. The number of anilines is 1. The lowest BCUT2D eigenvalue weighted by Gasteiger charge is -2.13. The van der Waals surface area contributed by atoms with Gasteiger partial charge in [-0.25, -0.2) is 4.98 Å². The third-order valence-corrected chi connectivity index (χ3v) is 3.84. The second kappa shape index (κ2) is 5.56. The molecule has 1 N–H and O–H groups in total. The van der Waals surface area contributed by atoms with E-state index in [4.69, 9.17) is 0 Å². The van der Waals surface area contributed by atoms with Crippen LogP contribution in [0.15, 0.2) is 42.6 Å². The summed E-state index contributed by atoms with van der Waals surface area (Å²) in [5.41, 5.74) is 4.33. The zero-order chi connectivity index (χ0) is 14.8. The Morgan fingerprint density at radius 3 is 2.76 bits per heavy atom. The Balaban J connectivity index is 1.75. The molecule has 0 saturated heterocycles. The van der Waals surface area contributed by atoms with Crippen LogP contribution in [0.25, 0.3) is 11.0 Å². The van der Waals surface area contributed by atoms with Gasteiger partial charge in [0.25, 0.3) is 0 Å². The molecule has 3 rings (SSSR count). The van der Waals surface area contributed by atoms with E-state index >= 15 is 0 Å². The first kappa shape index (κ1) is 13.6. The van der Waals surface area contributed by atoms with Crippen molar-refractivity contribution >= 4 is 16.7 Å². The largest absolute Gasteiger partial charge is 0.383 e. The summed E-state index contributed by atoms with van der Waals surface area (Å²) in [6.07, 6.45) is 1.88. The molecule has 0 radical (unpaired) electrons. The second-order valence-electron chi connectivity index (χ2n) is 5.50. The first-order valence-corrected chi connectivity index (χ1v) is 7.23. The van der Waals surface area contributed by atoms with Gasteiger partial charge in [-0.15, -0.1) is 0 Å². The maximum Gasteiger partial charge on any atom is 0.157 e. The van der Waals surface area contributed by atoms with Crippen LogP contribution in [-0.4, -0.2) is 21.3 Å². The Morgan fingerprint density at radius 1 is 1.24 bits per heavy atom. The summed E-state index contributed by atoms with van der Waals surface area (Å²) in [5.74, 6) is 0.455. The fourth-order valence-corrected chi connectivity index (χ4v) is 2.57. The van der Waals surface area contributed by atoms with E-state index < -0.39 is 0 Å². The van der Waals surface area contributed by atoms with E-state index in [9.17, 15) is 0 Å². The second-order valence-corrected chi connectivity index (χ2v) is 5.50. The zero-order valence-corrected chi connectivity index (χ0v) is 12.7. The van der Waals surface area contributed by atoms with E-state index in [0.29, 0.717) is 5.92 Å². The molecule has 0 bridgehead atoms. The number of fused-ring (bicyclic) bond motifs is 1. The molecule has 1 aromatic carbocycles. The Morgan fingerprint density at radius 2 is 2.00 bits per heavy atom. The molecule has 4 heteroatoms. The minimum Gasteiger partial charge on any atom is -0.383 e. The normalized spacial score (nSPS) is 12.5. The highest BCUT2D eigenvalue weighted by Gasteiger charge is 2.08. The van der Waals surface area contributed by atoms with E-state index in [-0.39, 0.29) is 0 Å². The van der Waals surface area contributed by atoms with Gasteiger partial charge in [-0.3, -0.25) is 4.68 Å². The van der Waals surface area contributed by atoms with Gasteiger partial charge in [0.15, 0.2) is 5.65 Å². The van der Waals surface area contributed by atoms with Gasteiger partial charge in [0.2, 0.25) is 0 Å². The Bertz CT molecular complexity index is 746. The average Bonchev–Trinajstić information content (AvgIpc) is 2.80. The minimum atomic E-state index is 0.455. The molecule has 0 fully saturated rings. The Hall–Kier alpha value is -2.36. The number of nitrogens with one attached hydrogen (secondary N) is 1. The van der Waals surface area contributed by atoms with Gasteiger partial charge in [0.1, 0.15) is 0 Å². The third kappa shape index (κ3) is 2.75. The Labute approximate surface area is 124 Å². The molecule has 0 saturated carbocycles. The number of aryl methyl sites for hydroxylation is 2. The number of benzene rings is 1. The summed E-state index contributed by atoms with van der Waals surface area (Å²) in [5, 5.41) is 8.98. The molecule has 21 heavy (non-hydrogen) atoms. The van der Waals surface area contributed by atoms with Crippen LogP contribution in [-0.2, 0) is 7.05 Å². The summed E-state index contributed by atoms with van der Waals surface area (Å²) in [6.45, 7) is 5.13. The van der Waals surface area contributed by atoms with E-state index in [1.165, 1.54) is 5.56 Å². The number of hydrogen-bond donors (Lipinski definition) is 1. The SMILES string of the molecule is Cc1nn(C)c2ncc(NCC(C)c3ccccc3)cc12. The molecule has 4 nitrogen and oxygen atoms in total. The summed E-state index contributed by atoms with van der Waals surface area (Å²) in [7, 11) is 1.92. The van der Waals surface area contributed by atoms with Gasteiger partial charge >= 0.3 is 0 Å². The van der Waals surface area contributed by atoms with Gasteiger partial charge in [-0.2, -0.15) is 5.10 Å². The molecule has 0 amide bonds. The number of pyridine rings is 1. The molecule has 1 atom stereocenters. The van der Waals surface area contributed by atoms with Crippen LogP contribution in [0.5, 0.6) is 0 Å². The predicted molar refractivity (Wildman–Crippen MR) is 86.6 cm³/mol. The topological polar surface area (TPSA) is 42.7 Å². The Kier molecular flexibility index (Phi) is 3.60. The van der Waals surface area contributed by atoms with Crippen molar-refractivity contribution in [2.75, 3.05) is 11.9 Å². The molecule has 0 aliphatic rings. The number of hydrogen-bond acceptors (Lipinski definition) is 3. The lowest BCUT2D eigenvalue weighted by atomic mass is 10.0. The van der Waals surface area contributed by atoms with Crippen LogP contribution in [0.1, 0.15) is 24.1 Å². The predicted octanol–water partition coefficient (Wildman–Crippen LogP) is 3.49. The first-order chi connectivity index (χ1) is 10.1. The highest BCUT2D eigenvalue weighted by molar-refractivity contribution is 5.81.